The summed E-state index contributed by atoms with van der Waals surface area (Å²) < 4.78 is 29.9. The van der Waals surface area contributed by atoms with Crippen LogP contribution in [-0.2, 0) is 10.0 Å². The summed E-state index contributed by atoms with van der Waals surface area (Å²) in [6.45, 7) is 0. The quantitative estimate of drug-likeness (QED) is 0.630. The lowest BCUT2D eigenvalue weighted by atomic mass is 10.3. The number of anilines is 1. The van der Waals surface area contributed by atoms with Gasteiger partial charge < -0.3 is 4.74 Å². The van der Waals surface area contributed by atoms with Gasteiger partial charge in [0.05, 0.1) is 23.5 Å². The molecule has 0 atom stereocenters. The SMILES string of the molecule is CS(=O)(=O)Nc1cncc([N+](=O)[O-])c1OC1CC1. The minimum Gasteiger partial charge on any atom is -0.482 e. The van der Waals surface area contributed by atoms with Gasteiger partial charge in [-0.2, -0.15) is 0 Å². The van der Waals surface area contributed by atoms with Crippen molar-refractivity contribution in [1.29, 1.82) is 0 Å². The van der Waals surface area contributed by atoms with Crippen molar-refractivity contribution in [3.05, 3.63) is 22.5 Å². The number of nitrogens with zero attached hydrogens (tertiary/aromatic N) is 2. The molecule has 1 saturated carbocycles. The molecular weight excluding hydrogens is 262 g/mol. The predicted octanol–water partition coefficient (Wildman–Crippen LogP) is 0.902. The normalized spacial score (nSPS) is 15.2. The second-order valence-electron chi connectivity index (χ2n) is 3.98. The summed E-state index contributed by atoms with van der Waals surface area (Å²) >= 11 is 0. The lowest BCUT2D eigenvalue weighted by molar-refractivity contribution is -0.386. The number of nitro groups is 1. The zero-order valence-corrected chi connectivity index (χ0v) is 10.3. The molecule has 1 heterocycles. The molecule has 0 aliphatic heterocycles. The van der Waals surface area contributed by atoms with Gasteiger partial charge in [-0.05, 0) is 12.8 Å². The first-order valence-electron chi connectivity index (χ1n) is 5.13. The van der Waals surface area contributed by atoms with Crippen LogP contribution in [-0.4, -0.2) is 30.7 Å². The second-order valence-corrected chi connectivity index (χ2v) is 5.73. The van der Waals surface area contributed by atoms with Crippen LogP contribution in [0.25, 0.3) is 0 Å². The van der Waals surface area contributed by atoms with Crippen LogP contribution in [0.4, 0.5) is 11.4 Å². The highest BCUT2D eigenvalue weighted by atomic mass is 32.2. The molecule has 18 heavy (non-hydrogen) atoms. The average molecular weight is 273 g/mol. The minimum atomic E-state index is -3.55. The van der Waals surface area contributed by atoms with Gasteiger partial charge in [0, 0.05) is 0 Å². The van der Waals surface area contributed by atoms with Crippen LogP contribution < -0.4 is 9.46 Å². The number of sulfonamides is 1. The number of hydrogen-bond donors (Lipinski definition) is 1. The molecular formula is C9H11N3O5S. The fourth-order valence-electron chi connectivity index (χ4n) is 1.32. The summed E-state index contributed by atoms with van der Waals surface area (Å²) in [5.41, 5.74) is -0.367. The van der Waals surface area contributed by atoms with Crippen molar-refractivity contribution in [3.8, 4) is 5.75 Å². The van der Waals surface area contributed by atoms with E-state index < -0.39 is 14.9 Å². The van der Waals surface area contributed by atoms with E-state index in [1.807, 2.05) is 0 Å². The number of ether oxygens (including phenoxy) is 1. The number of pyridine rings is 1. The van der Waals surface area contributed by atoms with Crippen molar-refractivity contribution in [1.82, 2.24) is 4.98 Å². The van der Waals surface area contributed by atoms with Crippen LogP contribution in [0.5, 0.6) is 5.75 Å². The fraction of sp³-hybridized carbons (Fsp3) is 0.444. The third-order valence-corrected chi connectivity index (χ3v) is 2.77. The van der Waals surface area contributed by atoms with Crippen molar-refractivity contribution in [2.75, 3.05) is 11.0 Å². The van der Waals surface area contributed by atoms with Gasteiger partial charge in [-0.1, -0.05) is 0 Å². The fourth-order valence-corrected chi connectivity index (χ4v) is 1.86. The smallest absolute Gasteiger partial charge is 0.331 e. The maximum absolute atomic E-state index is 11.2. The Hall–Kier alpha value is -1.90. The molecule has 1 N–H and O–H groups in total. The molecule has 1 aliphatic rings. The van der Waals surface area contributed by atoms with E-state index in [4.69, 9.17) is 4.74 Å². The molecule has 0 saturated heterocycles. The van der Waals surface area contributed by atoms with Crippen molar-refractivity contribution in [3.63, 3.8) is 0 Å². The van der Waals surface area contributed by atoms with E-state index in [0.717, 1.165) is 25.3 Å². The van der Waals surface area contributed by atoms with Crippen molar-refractivity contribution in [2.24, 2.45) is 0 Å². The Balaban J connectivity index is 2.42. The number of aromatic nitrogens is 1. The lowest BCUT2D eigenvalue weighted by Gasteiger charge is -2.11. The molecule has 98 valence electrons. The Bertz CT molecular complexity index is 582. The van der Waals surface area contributed by atoms with Gasteiger partial charge in [-0.25, -0.2) is 8.42 Å². The molecule has 1 fully saturated rings. The molecule has 0 amide bonds. The molecule has 1 aromatic rings. The first-order chi connectivity index (χ1) is 8.37. The highest BCUT2D eigenvalue weighted by Gasteiger charge is 2.30. The van der Waals surface area contributed by atoms with Crippen molar-refractivity contribution >= 4 is 21.4 Å². The monoisotopic (exact) mass is 273 g/mol. The first kappa shape index (κ1) is 12.6. The van der Waals surface area contributed by atoms with E-state index in [1.54, 1.807) is 0 Å². The Morgan fingerprint density at radius 2 is 2.17 bits per heavy atom. The third kappa shape index (κ3) is 3.06. The van der Waals surface area contributed by atoms with Gasteiger partial charge in [0.1, 0.15) is 11.9 Å². The van der Waals surface area contributed by atoms with Crippen LogP contribution in [0.15, 0.2) is 12.4 Å². The molecule has 0 aromatic carbocycles. The molecule has 1 aliphatic carbocycles. The van der Waals surface area contributed by atoms with Gasteiger partial charge in [0.25, 0.3) is 0 Å². The van der Waals surface area contributed by atoms with Crippen molar-refractivity contribution in [2.45, 2.75) is 18.9 Å². The number of rotatable bonds is 5. The average Bonchev–Trinajstić information content (AvgIpc) is 3.01. The molecule has 0 bridgehead atoms. The summed E-state index contributed by atoms with van der Waals surface area (Å²) in [6.07, 6.45) is 4.69. The topological polar surface area (TPSA) is 111 Å². The van der Waals surface area contributed by atoms with Crippen LogP contribution in [0, 0.1) is 10.1 Å². The molecule has 2 rings (SSSR count). The second kappa shape index (κ2) is 4.41. The standard InChI is InChI=1S/C9H11N3O5S/c1-18(15,16)11-7-4-10-5-8(12(13)14)9(7)17-6-2-3-6/h4-6,11H,2-3H2,1H3. The molecule has 0 spiro atoms. The number of nitrogens with one attached hydrogen (secondary N) is 1. The Morgan fingerprint density at radius 1 is 1.50 bits per heavy atom. The van der Waals surface area contributed by atoms with E-state index in [-0.39, 0.29) is 23.2 Å². The highest BCUT2D eigenvalue weighted by Crippen LogP contribution is 2.38. The van der Waals surface area contributed by atoms with E-state index in [2.05, 4.69) is 9.71 Å². The van der Waals surface area contributed by atoms with Crippen LogP contribution >= 0.6 is 0 Å². The summed E-state index contributed by atoms with van der Waals surface area (Å²) in [5.74, 6) is -0.0806. The van der Waals surface area contributed by atoms with E-state index in [0.29, 0.717) is 0 Å². The minimum absolute atomic E-state index is 0.0152. The zero-order chi connectivity index (χ0) is 13.3. The van der Waals surface area contributed by atoms with Gasteiger partial charge in [-0.3, -0.25) is 19.8 Å². The first-order valence-corrected chi connectivity index (χ1v) is 7.03. The summed E-state index contributed by atoms with van der Waals surface area (Å²) in [4.78, 5) is 13.8. The van der Waals surface area contributed by atoms with Crippen LogP contribution in [0.3, 0.4) is 0 Å². The molecule has 1 aromatic heterocycles. The van der Waals surface area contributed by atoms with E-state index in [9.17, 15) is 18.5 Å². The number of hydrogen-bond acceptors (Lipinski definition) is 6. The maximum atomic E-state index is 11.2. The van der Waals surface area contributed by atoms with Crippen molar-refractivity contribution < 1.29 is 18.1 Å². The molecule has 8 nitrogen and oxygen atoms in total. The predicted molar refractivity (Wildman–Crippen MR) is 63.0 cm³/mol. The van der Waals surface area contributed by atoms with Gasteiger partial charge in [0.15, 0.2) is 0 Å². The van der Waals surface area contributed by atoms with Gasteiger partial charge in [0.2, 0.25) is 15.8 Å². The Labute approximate surface area is 103 Å². The zero-order valence-electron chi connectivity index (χ0n) is 9.49. The summed E-state index contributed by atoms with van der Waals surface area (Å²) in [6, 6.07) is 0. The van der Waals surface area contributed by atoms with Gasteiger partial charge in [-0.15, -0.1) is 0 Å². The van der Waals surface area contributed by atoms with E-state index >= 15 is 0 Å². The molecule has 0 unspecified atom stereocenters. The highest BCUT2D eigenvalue weighted by molar-refractivity contribution is 7.92. The summed E-state index contributed by atoms with van der Waals surface area (Å²) in [5, 5.41) is 10.8. The molecule has 0 radical (unpaired) electrons. The molecule has 9 heteroatoms. The Morgan fingerprint density at radius 3 is 2.67 bits per heavy atom. The van der Waals surface area contributed by atoms with E-state index in [1.165, 1.54) is 6.20 Å². The van der Waals surface area contributed by atoms with Gasteiger partial charge >= 0.3 is 5.69 Å². The summed E-state index contributed by atoms with van der Waals surface area (Å²) in [7, 11) is -3.55. The third-order valence-electron chi connectivity index (χ3n) is 2.18. The lowest BCUT2D eigenvalue weighted by Crippen LogP contribution is -2.12. The van der Waals surface area contributed by atoms with Crippen LogP contribution in [0.2, 0.25) is 0 Å². The Kier molecular flexibility index (Phi) is 3.07. The maximum Gasteiger partial charge on any atom is 0.331 e. The van der Waals surface area contributed by atoms with Crippen LogP contribution in [0.1, 0.15) is 12.8 Å². The largest absolute Gasteiger partial charge is 0.482 e.